The van der Waals surface area contributed by atoms with Gasteiger partial charge in [-0.15, -0.1) is 0 Å². The highest BCUT2D eigenvalue weighted by molar-refractivity contribution is 7.88. The zero-order chi connectivity index (χ0) is 15.7. The number of rotatable bonds is 4. The summed E-state index contributed by atoms with van der Waals surface area (Å²) in [6.07, 6.45) is 2.80. The summed E-state index contributed by atoms with van der Waals surface area (Å²) < 4.78 is 35.9. The van der Waals surface area contributed by atoms with Crippen LogP contribution in [0.25, 0.3) is 0 Å². The van der Waals surface area contributed by atoms with E-state index in [1.54, 1.807) is 6.07 Å². The van der Waals surface area contributed by atoms with Gasteiger partial charge >= 0.3 is 0 Å². The van der Waals surface area contributed by atoms with E-state index in [0.717, 1.165) is 43.8 Å². The molecule has 2 aliphatic heterocycles. The van der Waals surface area contributed by atoms with Crippen molar-refractivity contribution in [3.63, 3.8) is 0 Å². The zero-order valence-corrected chi connectivity index (χ0v) is 13.9. The monoisotopic (exact) mass is 346 g/mol. The Labute approximate surface area is 135 Å². The molecule has 1 aromatic rings. The van der Waals surface area contributed by atoms with Gasteiger partial charge in [0.25, 0.3) is 0 Å². The van der Waals surface area contributed by atoms with Gasteiger partial charge in [0.05, 0.1) is 6.26 Å². The van der Waals surface area contributed by atoms with Crippen LogP contribution in [-0.4, -0.2) is 45.5 Å². The third kappa shape index (κ3) is 3.84. The molecule has 1 N–H and O–H groups in total. The van der Waals surface area contributed by atoms with Gasteiger partial charge in [0.15, 0.2) is 11.5 Å². The molecule has 122 valence electrons. The van der Waals surface area contributed by atoms with Crippen molar-refractivity contribution in [2.45, 2.75) is 25.4 Å². The smallest absolute Gasteiger partial charge is 0.231 e. The van der Waals surface area contributed by atoms with E-state index in [1.807, 2.05) is 6.07 Å². The third-order valence-corrected chi connectivity index (χ3v) is 5.02. The minimum Gasteiger partial charge on any atom is -0.454 e. The highest BCUT2D eigenvalue weighted by Crippen LogP contribution is 2.37. The second-order valence-electron chi connectivity index (χ2n) is 5.74. The summed E-state index contributed by atoms with van der Waals surface area (Å²) in [7, 11) is -3.13. The molecule has 22 heavy (non-hydrogen) atoms. The molecule has 0 saturated carbocycles. The second kappa shape index (κ2) is 6.23. The molecule has 0 atom stereocenters. The summed E-state index contributed by atoms with van der Waals surface area (Å²) in [5.41, 5.74) is 1.00. The molecule has 1 saturated heterocycles. The largest absolute Gasteiger partial charge is 0.454 e. The molecule has 0 amide bonds. The van der Waals surface area contributed by atoms with Crippen LogP contribution in [0, 0.1) is 0 Å². The van der Waals surface area contributed by atoms with E-state index in [0.29, 0.717) is 10.8 Å². The van der Waals surface area contributed by atoms with Crippen molar-refractivity contribution in [3.05, 3.63) is 22.7 Å². The van der Waals surface area contributed by atoms with Gasteiger partial charge in [-0.3, -0.25) is 4.90 Å². The zero-order valence-electron chi connectivity index (χ0n) is 12.3. The summed E-state index contributed by atoms with van der Waals surface area (Å²) in [4.78, 5) is 2.27. The van der Waals surface area contributed by atoms with Crippen LogP contribution < -0.4 is 14.2 Å². The highest BCUT2D eigenvalue weighted by atomic mass is 35.5. The maximum Gasteiger partial charge on any atom is 0.231 e. The van der Waals surface area contributed by atoms with Crippen LogP contribution in [-0.2, 0) is 16.6 Å². The van der Waals surface area contributed by atoms with Crippen LogP contribution in [0.4, 0.5) is 0 Å². The summed E-state index contributed by atoms with van der Waals surface area (Å²) >= 11 is 6.29. The van der Waals surface area contributed by atoms with Gasteiger partial charge in [0.2, 0.25) is 16.8 Å². The van der Waals surface area contributed by atoms with Crippen molar-refractivity contribution in [3.8, 4) is 11.5 Å². The predicted molar refractivity (Wildman–Crippen MR) is 83.9 cm³/mol. The maximum atomic E-state index is 11.3. The lowest BCUT2D eigenvalue weighted by atomic mass is 10.1. The number of halogens is 1. The fourth-order valence-electron chi connectivity index (χ4n) is 2.83. The molecule has 2 aliphatic rings. The van der Waals surface area contributed by atoms with Gasteiger partial charge in [-0.1, -0.05) is 11.6 Å². The van der Waals surface area contributed by atoms with Crippen LogP contribution in [0.1, 0.15) is 18.4 Å². The normalized spacial score (nSPS) is 19.5. The van der Waals surface area contributed by atoms with Crippen molar-refractivity contribution in [2.24, 2.45) is 0 Å². The lowest BCUT2D eigenvalue weighted by molar-refractivity contribution is 0.173. The predicted octanol–water partition coefficient (Wildman–Crippen LogP) is 1.58. The lowest BCUT2D eigenvalue weighted by Crippen LogP contribution is -2.43. The van der Waals surface area contributed by atoms with E-state index < -0.39 is 10.0 Å². The molecule has 2 heterocycles. The molecule has 0 spiro atoms. The van der Waals surface area contributed by atoms with Crippen LogP contribution in [0.3, 0.4) is 0 Å². The van der Waals surface area contributed by atoms with Gasteiger partial charge in [-0.2, -0.15) is 0 Å². The number of hydrogen-bond acceptors (Lipinski definition) is 5. The SMILES string of the molecule is CS(=O)(=O)NC1CCN(Cc2cc3c(cc2Cl)OCO3)CC1. The van der Waals surface area contributed by atoms with E-state index in [2.05, 4.69) is 9.62 Å². The van der Waals surface area contributed by atoms with Gasteiger partial charge in [-0.25, -0.2) is 13.1 Å². The van der Waals surface area contributed by atoms with Crippen LogP contribution >= 0.6 is 11.6 Å². The van der Waals surface area contributed by atoms with Gasteiger partial charge in [0.1, 0.15) is 0 Å². The minimum absolute atomic E-state index is 0.0264. The second-order valence-corrected chi connectivity index (χ2v) is 7.92. The van der Waals surface area contributed by atoms with Crippen molar-refractivity contribution in [1.82, 2.24) is 9.62 Å². The molecule has 3 rings (SSSR count). The average molecular weight is 347 g/mol. The molecular weight excluding hydrogens is 328 g/mol. The topological polar surface area (TPSA) is 67.9 Å². The fourth-order valence-corrected chi connectivity index (χ4v) is 3.89. The van der Waals surface area contributed by atoms with Gasteiger partial charge in [0, 0.05) is 36.8 Å². The van der Waals surface area contributed by atoms with E-state index in [4.69, 9.17) is 21.1 Å². The summed E-state index contributed by atoms with van der Waals surface area (Å²) in [5, 5.41) is 0.667. The van der Waals surface area contributed by atoms with E-state index in [1.165, 1.54) is 6.26 Å². The average Bonchev–Trinajstić information content (AvgIpc) is 2.87. The Hall–Kier alpha value is -1.02. The number of benzene rings is 1. The molecule has 8 heteroatoms. The third-order valence-electron chi connectivity index (χ3n) is 3.90. The van der Waals surface area contributed by atoms with Crippen molar-refractivity contribution >= 4 is 21.6 Å². The van der Waals surface area contributed by atoms with Crippen molar-refractivity contribution in [2.75, 3.05) is 26.1 Å². The molecule has 0 bridgehead atoms. The number of likely N-dealkylation sites (tertiary alicyclic amines) is 1. The first-order valence-electron chi connectivity index (χ1n) is 7.18. The van der Waals surface area contributed by atoms with E-state index in [9.17, 15) is 8.42 Å². The van der Waals surface area contributed by atoms with E-state index in [-0.39, 0.29) is 12.8 Å². The Kier molecular flexibility index (Phi) is 4.49. The molecular formula is C14H19ClN2O4S. The Morgan fingerprint density at radius 3 is 2.55 bits per heavy atom. The molecule has 6 nitrogen and oxygen atoms in total. The van der Waals surface area contributed by atoms with Crippen LogP contribution in [0.2, 0.25) is 5.02 Å². The van der Waals surface area contributed by atoms with Crippen molar-refractivity contribution < 1.29 is 17.9 Å². The summed E-state index contributed by atoms with van der Waals surface area (Å²) in [5.74, 6) is 1.41. The molecule has 0 radical (unpaired) electrons. The van der Waals surface area contributed by atoms with Crippen LogP contribution in [0.15, 0.2) is 12.1 Å². The Morgan fingerprint density at radius 2 is 1.91 bits per heavy atom. The number of nitrogens with one attached hydrogen (secondary N) is 1. The van der Waals surface area contributed by atoms with Gasteiger partial charge < -0.3 is 9.47 Å². The first-order chi connectivity index (χ1) is 10.4. The molecule has 0 aromatic heterocycles. The van der Waals surface area contributed by atoms with Crippen molar-refractivity contribution in [1.29, 1.82) is 0 Å². The van der Waals surface area contributed by atoms with Crippen LogP contribution in [0.5, 0.6) is 11.5 Å². The number of ether oxygens (including phenoxy) is 2. The Bertz CT molecular complexity index is 657. The minimum atomic E-state index is -3.13. The first kappa shape index (κ1) is 15.9. The first-order valence-corrected chi connectivity index (χ1v) is 9.45. The standard InChI is InChI=1S/C14H19ClN2O4S/c1-22(18,19)16-11-2-4-17(5-3-11)8-10-6-13-14(7-12(10)15)21-9-20-13/h6-7,11,16H,2-5,8-9H2,1H3. The maximum absolute atomic E-state index is 11.3. The summed E-state index contributed by atoms with van der Waals surface area (Å²) in [6.45, 7) is 2.62. The summed E-state index contributed by atoms with van der Waals surface area (Å²) in [6, 6.07) is 3.74. The number of hydrogen-bond donors (Lipinski definition) is 1. The number of nitrogens with zero attached hydrogens (tertiary/aromatic N) is 1. The number of fused-ring (bicyclic) bond motifs is 1. The molecule has 1 fully saturated rings. The lowest BCUT2D eigenvalue weighted by Gasteiger charge is -2.32. The fraction of sp³-hybridized carbons (Fsp3) is 0.571. The molecule has 1 aromatic carbocycles. The molecule has 0 unspecified atom stereocenters. The highest BCUT2D eigenvalue weighted by Gasteiger charge is 2.23. The Morgan fingerprint density at radius 1 is 1.27 bits per heavy atom. The van der Waals surface area contributed by atoms with E-state index >= 15 is 0 Å². The molecule has 0 aliphatic carbocycles. The quantitative estimate of drug-likeness (QED) is 0.896. The number of sulfonamides is 1. The number of piperidine rings is 1. The Balaban J connectivity index is 1.59. The van der Waals surface area contributed by atoms with Gasteiger partial charge in [-0.05, 0) is 24.5 Å².